The molecule has 2 heterocycles. The quantitative estimate of drug-likeness (QED) is 0.680. The van der Waals surface area contributed by atoms with Crippen LogP contribution in [0.5, 0.6) is 0 Å². The maximum Gasteiger partial charge on any atom is 0.225 e. The van der Waals surface area contributed by atoms with E-state index in [-0.39, 0.29) is 5.91 Å². The molecule has 1 fully saturated rings. The lowest BCUT2D eigenvalue weighted by Gasteiger charge is -2.28. The first-order valence-corrected chi connectivity index (χ1v) is 9.94. The van der Waals surface area contributed by atoms with E-state index in [1.165, 1.54) is 24.8 Å². The number of nitrogens with zero attached hydrogens (tertiary/aromatic N) is 2. The van der Waals surface area contributed by atoms with Crippen molar-refractivity contribution in [2.24, 2.45) is 0 Å². The Hall–Kier alpha value is -2.40. The molecule has 1 aliphatic heterocycles. The van der Waals surface area contributed by atoms with Gasteiger partial charge in [-0.1, -0.05) is 30.3 Å². The first kappa shape index (κ1) is 19.4. The number of carbonyl (C=O) groups excluding carboxylic acids is 1. The molecule has 1 N–H and O–H groups in total. The highest BCUT2D eigenvalue weighted by Gasteiger charge is 2.11. The molecule has 1 aliphatic rings. The minimum Gasteiger partial charge on any atom is -0.381 e. The molecule has 0 unspecified atom stereocenters. The van der Waals surface area contributed by atoms with Gasteiger partial charge in [-0.2, -0.15) is 0 Å². The van der Waals surface area contributed by atoms with E-state index in [2.05, 4.69) is 27.3 Å². The Kier molecular flexibility index (Phi) is 7.66. The molecule has 1 aromatic carbocycles. The van der Waals surface area contributed by atoms with Crippen molar-refractivity contribution in [2.75, 3.05) is 36.5 Å². The van der Waals surface area contributed by atoms with Gasteiger partial charge in [0, 0.05) is 26.1 Å². The predicted octanol–water partition coefficient (Wildman–Crippen LogP) is 4.05. The topological polar surface area (TPSA) is 54.5 Å². The highest BCUT2D eigenvalue weighted by atomic mass is 16.5. The highest BCUT2D eigenvalue weighted by molar-refractivity contribution is 5.89. The molecule has 1 aromatic heterocycles. The Labute approximate surface area is 161 Å². The van der Waals surface area contributed by atoms with Crippen molar-refractivity contribution in [3.05, 3.63) is 54.2 Å². The average molecular weight is 367 g/mol. The van der Waals surface area contributed by atoms with Gasteiger partial charge >= 0.3 is 0 Å². The molecular weight excluding hydrogens is 338 g/mol. The number of amides is 1. The van der Waals surface area contributed by atoms with Crippen molar-refractivity contribution >= 4 is 17.4 Å². The van der Waals surface area contributed by atoms with Crippen LogP contribution in [0.15, 0.2) is 48.7 Å². The van der Waals surface area contributed by atoms with Crippen molar-refractivity contribution in [3.8, 4) is 0 Å². The molecule has 1 saturated heterocycles. The second-order valence-corrected chi connectivity index (χ2v) is 6.95. The maximum absolute atomic E-state index is 12.0. The Bertz CT molecular complexity index is 682. The Morgan fingerprint density at radius 2 is 1.85 bits per heavy atom. The van der Waals surface area contributed by atoms with E-state index in [0.717, 1.165) is 25.2 Å². The van der Waals surface area contributed by atoms with E-state index in [1.54, 1.807) is 0 Å². The summed E-state index contributed by atoms with van der Waals surface area (Å²) in [6.07, 6.45) is 7.72. The molecule has 5 nitrogen and oxygen atoms in total. The largest absolute Gasteiger partial charge is 0.381 e. The number of piperidine rings is 1. The van der Waals surface area contributed by atoms with E-state index >= 15 is 0 Å². The number of ether oxygens (including phenoxy) is 1. The number of nitrogens with one attached hydrogen (secondary N) is 1. The van der Waals surface area contributed by atoms with Crippen molar-refractivity contribution in [2.45, 2.75) is 38.5 Å². The first-order valence-electron chi connectivity index (χ1n) is 9.94. The molecule has 27 heavy (non-hydrogen) atoms. The van der Waals surface area contributed by atoms with Crippen LogP contribution in [0.3, 0.4) is 0 Å². The third-order valence-corrected chi connectivity index (χ3v) is 4.81. The van der Waals surface area contributed by atoms with Crippen molar-refractivity contribution in [3.63, 3.8) is 0 Å². The molecule has 0 saturated carbocycles. The molecule has 5 heteroatoms. The number of rotatable bonds is 9. The summed E-state index contributed by atoms with van der Waals surface area (Å²) in [7, 11) is 0. The van der Waals surface area contributed by atoms with E-state index in [9.17, 15) is 4.79 Å². The zero-order valence-corrected chi connectivity index (χ0v) is 15.9. The van der Waals surface area contributed by atoms with Crippen LogP contribution in [-0.4, -0.2) is 37.2 Å². The van der Waals surface area contributed by atoms with E-state index in [4.69, 9.17) is 4.74 Å². The fourth-order valence-electron chi connectivity index (χ4n) is 3.28. The van der Waals surface area contributed by atoms with Crippen LogP contribution in [-0.2, 0) is 16.0 Å². The predicted molar refractivity (Wildman–Crippen MR) is 109 cm³/mol. The number of aromatic nitrogens is 1. The molecule has 144 valence electrons. The average Bonchev–Trinajstić information content (AvgIpc) is 2.72. The number of carbonyl (C=O) groups is 1. The zero-order valence-electron chi connectivity index (χ0n) is 15.9. The number of anilines is 2. The minimum atomic E-state index is -0.0140. The molecule has 3 rings (SSSR count). The summed E-state index contributed by atoms with van der Waals surface area (Å²) in [5.74, 6) is 0.602. The van der Waals surface area contributed by atoms with Crippen LogP contribution in [0.2, 0.25) is 0 Å². The summed E-state index contributed by atoms with van der Waals surface area (Å²) in [5.41, 5.74) is 2.41. The van der Waals surface area contributed by atoms with Gasteiger partial charge in [-0.3, -0.25) is 4.79 Å². The maximum atomic E-state index is 12.0. The van der Waals surface area contributed by atoms with Gasteiger partial charge in [0.1, 0.15) is 5.82 Å². The number of benzene rings is 1. The number of hydrogen-bond acceptors (Lipinski definition) is 4. The van der Waals surface area contributed by atoms with Gasteiger partial charge in [-0.05, 0) is 49.8 Å². The number of pyridine rings is 1. The summed E-state index contributed by atoms with van der Waals surface area (Å²) < 4.78 is 5.62. The molecule has 0 radical (unpaired) electrons. The first-order chi connectivity index (χ1) is 13.3. The SMILES string of the molecule is O=C(CCCOCCc1ccccc1)Nc1ccc(N2CCCCC2)cn1. The monoisotopic (exact) mass is 367 g/mol. The standard InChI is InChI=1S/C22H29N3O2/c26-22(10-7-16-27-17-13-19-8-3-1-4-9-19)24-21-12-11-20(18-23-21)25-14-5-2-6-15-25/h1,3-4,8-9,11-12,18H,2,5-7,10,13-17H2,(H,23,24,26). The normalized spacial score (nSPS) is 14.1. The summed E-state index contributed by atoms with van der Waals surface area (Å²) in [5, 5.41) is 2.86. The summed E-state index contributed by atoms with van der Waals surface area (Å²) in [6.45, 7) is 3.47. The van der Waals surface area contributed by atoms with Crippen LogP contribution >= 0.6 is 0 Å². The van der Waals surface area contributed by atoms with Gasteiger partial charge in [-0.15, -0.1) is 0 Å². The Morgan fingerprint density at radius 1 is 1.04 bits per heavy atom. The van der Waals surface area contributed by atoms with E-state index in [1.807, 2.05) is 36.5 Å². The van der Waals surface area contributed by atoms with Gasteiger partial charge < -0.3 is 15.0 Å². The molecular formula is C22H29N3O2. The second kappa shape index (κ2) is 10.7. The molecule has 0 atom stereocenters. The third kappa shape index (κ3) is 6.68. The number of hydrogen-bond donors (Lipinski definition) is 1. The van der Waals surface area contributed by atoms with Crippen molar-refractivity contribution in [1.29, 1.82) is 0 Å². The highest BCUT2D eigenvalue weighted by Crippen LogP contribution is 2.20. The van der Waals surface area contributed by atoms with E-state index in [0.29, 0.717) is 31.9 Å². The fraction of sp³-hybridized carbons (Fsp3) is 0.455. The summed E-state index contributed by atoms with van der Waals surface area (Å²) in [4.78, 5) is 18.8. The summed E-state index contributed by atoms with van der Waals surface area (Å²) in [6, 6.07) is 14.2. The lowest BCUT2D eigenvalue weighted by atomic mass is 10.1. The van der Waals surface area contributed by atoms with Gasteiger partial charge in [0.25, 0.3) is 0 Å². The zero-order chi connectivity index (χ0) is 18.7. The van der Waals surface area contributed by atoms with Crippen molar-refractivity contribution in [1.82, 2.24) is 4.98 Å². The van der Waals surface area contributed by atoms with Crippen LogP contribution < -0.4 is 10.2 Å². The Balaban J connectivity index is 1.29. The summed E-state index contributed by atoms with van der Waals surface area (Å²) >= 11 is 0. The molecule has 1 amide bonds. The van der Waals surface area contributed by atoms with Crippen molar-refractivity contribution < 1.29 is 9.53 Å². The van der Waals surface area contributed by atoms with Gasteiger partial charge in [0.05, 0.1) is 18.5 Å². The van der Waals surface area contributed by atoms with Gasteiger partial charge in [-0.25, -0.2) is 4.98 Å². The Morgan fingerprint density at radius 3 is 2.59 bits per heavy atom. The van der Waals surface area contributed by atoms with Crippen LogP contribution in [0.1, 0.15) is 37.7 Å². The molecule has 0 bridgehead atoms. The van der Waals surface area contributed by atoms with Crippen LogP contribution in [0, 0.1) is 0 Å². The van der Waals surface area contributed by atoms with Crippen LogP contribution in [0.4, 0.5) is 11.5 Å². The molecule has 0 aliphatic carbocycles. The van der Waals surface area contributed by atoms with Crippen LogP contribution in [0.25, 0.3) is 0 Å². The van der Waals surface area contributed by atoms with Gasteiger partial charge in [0.2, 0.25) is 5.91 Å². The fourth-order valence-corrected chi connectivity index (χ4v) is 3.28. The third-order valence-electron chi connectivity index (χ3n) is 4.81. The lowest BCUT2D eigenvalue weighted by Crippen LogP contribution is -2.29. The van der Waals surface area contributed by atoms with Gasteiger partial charge in [0.15, 0.2) is 0 Å². The molecule has 2 aromatic rings. The smallest absolute Gasteiger partial charge is 0.225 e. The second-order valence-electron chi connectivity index (χ2n) is 6.95. The lowest BCUT2D eigenvalue weighted by molar-refractivity contribution is -0.116. The van der Waals surface area contributed by atoms with E-state index < -0.39 is 0 Å². The minimum absolute atomic E-state index is 0.0140. The molecule has 0 spiro atoms.